The van der Waals surface area contributed by atoms with Crippen molar-refractivity contribution in [3.05, 3.63) is 27.6 Å². The van der Waals surface area contributed by atoms with E-state index in [0.29, 0.717) is 0 Å². The van der Waals surface area contributed by atoms with Gasteiger partial charge in [0.15, 0.2) is 0 Å². The number of thiol groups is 1. The molecule has 0 aliphatic rings. The van der Waals surface area contributed by atoms with Crippen LogP contribution in [-0.2, 0) is 6.54 Å². The first-order chi connectivity index (χ1) is 10.2. The Kier molecular flexibility index (Phi) is 6.77. The summed E-state index contributed by atoms with van der Waals surface area (Å²) in [4.78, 5) is 16.7. The molecule has 0 saturated heterocycles. The minimum atomic E-state index is 0.117. The third-order valence-corrected chi connectivity index (χ3v) is 5.17. The van der Waals surface area contributed by atoms with Crippen LogP contribution in [-0.4, -0.2) is 15.3 Å². The molecule has 0 saturated carbocycles. The molecule has 2 aromatic heterocycles. The van der Waals surface area contributed by atoms with Gasteiger partial charge < -0.3 is 0 Å². The average molecular weight is 325 g/mol. The van der Waals surface area contributed by atoms with Crippen LogP contribution in [0.15, 0.2) is 16.5 Å². The minimum absolute atomic E-state index is 0.117. The zero-order valence-corrected chi connectivity index (χ0v) is 14.4. The standard InChI is InChI=1S/C16H24N2OS2/c1-13-11-21-15-14(13)17-12-18(16(15)19)9-7-5-3-2-4-6-8-10-20/h11-12,20H,2-10H2,1H3. The van der Waals surface area contributed by atoms with E-state index in [1.165, 1.54) is 49.9 Å². The van der Waals surface area contributed by atoms with Gasteiger partial charge in [-0.2, -0.15) is 12.6 Å². The summed E-state index contributed by atoms with van der Waals surface area (Å²) in [7, 11) is 0. The molecule has 2 rings (SSSR count). The quantitative estimate of drug-likeness (QED) is 0.547. The Morgan fingerprint density at radius 2 is 1.81 bits per heavy atom. The number of thiophene rings is 1. The molecule has 2 aromatic rings. The van der Waals surface area contributed by atoms with E-state index < -0.39 is 0 Å². The number of aromatic nitrogens is 2. The average Bonchev–Trinajstić information content (AvgIpc) is 2.86. The lowest BCUT2D eigenvalue weighted by atomic mass is 10.1. The van der Waals surface area contributed by atoms with E-state index >= 15 is 0 Å². The van der Waals surface area contributed by atoms with Crippen molar-refractivity contribution < 1.29 is 0 Å². The summed E-state index contributed by atoms with van der Waals surface area (Å²) in [5, 5.41) is 2.01. The van der Waals surface area contributed by atoms with Crippen LogP contribution in [0.2, 0.25) is 0 Å². The van der Waals surface area contributed by atoms with Gasteiger partial charge in [0, 0.05) is 6.54 Å². The Balaban J connectivity index is 1.76. The van der Waals surface area contributed by atoms with Crippen molar-refractivity contribution in [3.8, 4) is 0 Å². The van der Waals surface area contributed by atoms with E-state index in [1.54, 1.807) is 10.9 Å². The molecule has 0 atom stereocenters. The number of aryl methyl sites for hydroxylation is 2. The molecule has 0 aliphatic heterocycles. The SMILES string of the molecule is Cc1csc2c(=O)n(CCCCCCCCCS)cnc12. The number of nitrogens with zero attached hydrogens (tertiary/aromatic N) is 2. The highest BCUT2D eigenvalue weighted by molar-refractivity contribution is 7.80. The van der Waals surface area contributed by atoms with Gasteiger partial charge >= 0.3 is 0 Å². The number of rotatable bonds is 9. The first kappa shape index (κ1) is 16.6. The van der Waals surface area contributed by atoms with Gasteiger partial charge in [0.05, 0.1) is 11.8 Å². The van der Waals surface area contributed by atoms with Gasteiger partial charge in [-0.05, 0) is 36.5 Å². The molecule has 0 aromatic carbocycles. The van der Waals surface area contributed by atoms with Crippen LogP contribution in [0.3, 0.4) is 0 Å². The van der Waals surface area contributed by atoms with E-state index in [4.69, 9.17) is 0 Å². The third-order valence-electron chi connectivity index (χ3n) is 3.78. The zero-order chi connectivity index (χ0) is 15.1. The summed E-state index contributed by atoms with van der Waals surface area (Å²) in [5.74, 6) is 1.00. The molecule has 0 spiro atoms. The van der Waals surface area contributed by atoms with Crippen molar-refractivity contribution in [2.75, 3.05) is 5.75 Å². The lowest BCUT2D eigenvalue weighted by Gasteiger charge is -2.05. The molecule has 0 radical (unpaired) electrons. The number of unbranched alkanes of at least 4 members (excludes halogenated alkanes) is 6. The second-order valence-electron chi connectivity index (χ2n) is 5.54. The predicted octanol–water partition coefficient (Wildman–Crippen LogP) is 4.43. The van der Waals surface area contributed by atoms with Gasteiger partial charge in [0.25, 0.3) is 5.56 Å². The lowest BCUT2D eigenvalue weighted by molar-refractivity contribution is 0.542. The summed E-state index contributed by atoms with van der Waals surface area (Å²) < 4.78 is 2.56. The minimum Gasteiger partial charge on any atom is -0.298 e. The van der Waals surface area contributed by atoms with E-state index in [2.05, 4.69) is 17.6 Å². The van der Waals surface area contributed by atoms with Crippen molar-refractivity contribution >= 4 is 34.2 Å². The molecule has 0 unspecified atom stereocenters. The van der Waals surface area contributed by atoms with E-state index in [1.807, 2.05) is 12.3 Å². The lowest BCUT2D eigenvalue weighted by Crippen LogP contribution is -2.19. The molecule has 0 fully saturated rings. The fourth-order valence-electron chi connectivity index (χ4n) is 2.50. The second-order valence-corrected chi connectivity index (χ2v) is 6.86. The molecule has 116 valence electrons. The molecule has 0 amide bonds. The fourth-order valence-corrected chi connectivity index (χ4v) is 3.67. The van der Waals surface area contributed by atoms with Crippen LogP contribution in [0, 0.1) is 6.92 Å². The summed E-state index contributed by atoms with van der Waals surface area (Å²) in [6.07, 6.45) is 10.3. The van der Waals surface area contributed by atoms with E-state index in [-0.39, 0.29) is 5.56 Å². The van der Waals surface area contributed by atoms with E-state index in [9.17, 15) is 4.79 Å². The van der Waals surface area contributed by atoms with Crippen molar-refractivity contribution in [1.82, 2.24) is 9.55 Å². The monoisotopic (exact) mass is 324 g/mol. The first-order valence-corrected chi connectivity index (χ1v) is 9.29. The maximum Gasteiger partial charge on any atom is 0.271 e. The van der Waals surface area contributed by atoms with Crippen LogP contribution >= 0.6 is 24.0 Å². The van der Waals surface area contributed by atoms with Crippen LogP contribution in [0.4, 0.5) is 0 Å². The zero-order valence-electron chi connectivity index (χ0n) is 12.7. The predicted molar refractivity (Wildman–Crippen MR) is 94.8 cm³/mol. The molecule has 0 N–H and O–H groups in total. The maximum absolute atomic E-state index is 12.3. The normalized spacial score (nSPS) is 11.3. The smallest absolute Gasteiger partial charge is 0.271 e. The highest BCUT2D eigenvalue weighted by atomic mass is 32.1. The van der Waals surface area contributed by atoms with Crippen LogP contribution < -0.4 is 5.56 Å². The summed E-state index contributed by atoms with van der Waals surface area (Å²) >= 11 is 5.73. The molecular weight excluding hydrogens is 300 g/mol. The highest BCUT2D eigenvalue weighted by Crippen LogP contribution is 2.19. The first-order valence-electron chi connectivity index (χ1n) is 7.78. The molecular formula is C16H24N2OS2. The second kappa shape index (κ2) is 8.59. The molecule has 0 aliphatic carbocycles. The van der Waals surface area contributed by atoms with Crippen LogP contribution in [0.25, 0.3) is 10.2 Å². The van der Waals surface area contributed by atoms with E-state index in [0.717, 1.165) is 34.5 Å². The van der Waals surface area contributed by atoms with Gasteiger partial charge in [0.2, 0.25) is 0 Å². The third kappa shape index (κ3) is 4.58. The summed E-state index contributed by atoms with van der Waals surface area (Å²) in [6, 6.07) is 0. The van der Waals surface area contributed by atoms with Crippen LogP contribution in [0.1, 0.15) is 50.5 Å². The summed E-state index contributed by atoms with van der Waals surface area (Å²) in [5.41, 5.74) is 2.08. The maximum atomic E-state index is 12.3. The molecule has 3 nitrogen and oxygen atoms in total. The van der Waals surface area contributed by atoms with Crippen molar-refractivity contribution in [1.29, 1.82) is 0 Å². The molecule has 2 heterocycles. The van der Waals surface area contributed by atoms with Crippen molar-refractivity contribution in [3.63, 3.8) is 0 Å². The Labute approximate surface area is 135 Å². The molecule has 5 heteroatoms. The Hall–Kier alpha value is -0.810. The van der Waals surface area contributed by atoms with Gasteiger partial charge in [0.1, 0.15) is 4.70 Å². The largest absolute Gasteiger partial charge is 0.298 e. The Morgan fingerprint density at radius 1 is 1.14 bits per heavy atom. The molecule has 0 bridgehead atoms. The number of hydrogen-bond donors (Lipinski definition) is 1. The number of hydrogen-bond acceptors (Lipinski definition) is 4. The molecule has 21 heavy (non-hydrogen) atoms. The van der Waals surface area contributed by atoms with Crippen LogP contribution in [0.5, 0.6) is 0 Å². The fraction of sp³-hybridized carbons (Fsp3) is 0.625. The van der Waals surface area contributed by atoms with Gasteiger partial charge in [-0.15, -0.1) is 11.3 Å². The Bertz CT molecular complexity index is 618. The summed E-state index contributed by atoms with van der Waals surface area (Å²) in [6.45, 7) is 2.79. The van der Waals surface area contributed by atoms with Crippen molar-refractivity contribution in [2.45, 2.75) is 58.4 Å². The van der Waals surface area contributed by atoms with Crippen molar-refractivity contribution in [2.24, 2.45) is 0 Å². The topological polar surface area (TPSA) is 34.9 Å². The highest BCUT2D eigenvalue weighted by Gasteiger charge is 2.07. The number of fused-ring (bicyclic) bond motifs is 1. The van der Waals surface area contributed by atoms with Gasteiger partial charge in [-0.25, -0.2) is 4.98 Å². The van der Waals surface area contributed by atoms with Gasteiger partial charge in [-0.3, -0.25) is 9.36 Å². The Morgan fingerprint density at radius 3 is 2.52 bits per heavy atom. The van der Waals surface area contributed by atoms with Gasteiger partial charge in [-0.1, -0.05) is 32.1 Å².